The summed E-state index contributed by atoms with van der Waals surface area (Å²) >= 11 is 0. The minimum Gasteiger partial charge on any atom is -0.490 e. The third kappa shape index (κ3) is 9.05. The van der Waals surface area contributed by atoms with E-state index in [4.69, 9.17) is 4.74 Å². The summed E-state index contributed by atoms with van der Waals surface area (Å²) in [5.41, 5.74) is 3.38. The minimum absolute atomic E-state index is 0.0335. The van der Waals surface area contributed by atoms with Crippen LogP contribution in [0.25, 0.3) is 0 Å². The van der Waals surface area contributed by atoms with Crippen LogP contribution in [0.3, 0.4) is 0 Å². The molecular weight excluding hydrogens is 450 g/mol. The summed E-state index contributed by atoms with van der Waals surface area (Å²) in [6, 6.07) is 12.6. The zero-order chi connectivity index (χ0) is 25.6. The summed E-state index contributed by atoms with van der Waals surface area (Å²) in [7, 11) is 0. The molecule has 1 aliphatic carbocycles. The highest BCUT2D eigenvalue weighted by atomic mass is 19.2. The Morgan fingerprint density at radius 2 is 1.50 bits per heavy atom. The Bertz CT molecular complexity index is 910. The SMILES string of the molecule is CCCCCCOc1ccc(CC/C=C/C2CCC(c3ccc(CCCCC)cc3)CC2)c(F)c1F. The lowest BCUT2D eigenvalue weighted by Gasteiger charge is -2.27. The van der Waals surface area contributed by atoms with Gasteiger partial charge < -0.3 is 4.74 Å². The van der Waals surface area contributed by atoms with Gasteiger partial charge in [-0.05, 0) is 92.4 Å². The van der Waals surface area contributed by atoms with Crippen LogP contribution in [0.1, 0.15) is 114 Å². The molecule has 3 heteroatoms. The van der Waals surface area contributed by atoms with Gasteiger partial charge in [0, 0.05) is 0 Å². The van der Waals surface area contributed by atoms with E-state index in [9.17, 15) is 8.78 Å². The fourth-order valence-electron chi connectivity index (χ4n) is 5.30. The molecule has 0 amide bonds. The van der Waals surface area contributed by atoms with Crippen LogP contribution in [0.4, 0.5) is 8.78 Å². The maximum Gasteiger partial charge on any atom is 0.200 e. The van der Waals surface area contributed by atoms with E-state index in [1.165, 1.54) is 62.5 Å². The van der Waals surface area contributed by atoms with Gasteiger partial charge >= 0.3 is 0 Å². The molecule has 0 atom stereocenters. The predicted octanol–water partition coefficient (Wildman–Crippen LogP) is 10.1. The Morgan fingerprint density at radius 3 is 2.22 bits per heavy atom. The highest BCUT2D eigenvalue weighted by Gasteiger charge is 2.21. The van der Waals surface area contributed by atoms with Gasteiger partial charge in [0.15, 0.2) is 11.6 Å². The van der Waals surface area contributed by atoms with Crippen LogP contribution in [0.5, 0.6) is 5.75 Å². The summed E-state index contributed by atoms with van der Waals surface area (Å²) in [5.74, 6) is -0.305. The lowest BCUT2D eigenvalue weighted by molar-refractivity contribution is 0.285. The number of unbranched alkanes of at least 4 members (excludes halogenated alkanes) is 5. The van der Waals surface area contributed by atoms with Crippen molar-refractivity contribution >= 4 is 0 Å². The highest BCUT2D eigenvalue weighted by Crippen LogP contribution is 2.36. The minimum atomic E-state index is -0.848. The Morgan fingerprint density at radius 1 is 0.778 bits per heavy atom. The van der Waals surface area contributed by atoms with Crippen molar-refractivity contribution in [3.05, 3.63) is 76.9 Å². The largest absolute Gasteiger partial charge is 0.490 e. The summed E-state index contributed by atoms with van der Waals surface area (Å²) in [6.45, 7) is 4.83. The summed E-state index contributed by atoms with van der Waals surface area (Å²) < 4.78 is 34.4. The normalized spacial score (nSPS) is 18.1. The second-order valence-corrected chi connectivity index (χ2v) is 10.5. The molecule has 198 valence electrons. The van der Waals surface area contributed by atoms with E-state index in [1.807, 2.05) is 0 Å². The molecule has 0 aliphatic heterocycles. The third-order valence-electron chi connectivity index (χ3n) is 7.66. The lowest BCUT2D eigenvalue weighted by Crippen LogP contribution is -2.11. The number of hydrogen-bond acceptors (Lipinski definition) is 1. The molecule has 0 aromatic heterocycles. The van der Waals surface area contributed by atoms with E-state index in [2.05, 4.69) is 50.3 Å². The van der Waals surface area contributed by atoms with Gasteiger partial charge in [0.25, 0.3) is 0 Å². The molecule has 0 unspecified atom stereocenters. The van der Waals surface area contributed by atoms with Gasteiger partial charge in [-0.25, -0.2) is 4.39 Å². The Balaban J connectivity index is 1.38. The first-order valence-corrected chi connectivity index (χ1v) is 14.5. The van der Waals surface area contributed by atoms with Gasteiger partial charge in [0.1, 0.15) is 0 Å². The van der Waals surface area contributed by atoms with Crippen LogP contribution >= 0.6 is 0 Å². The number of hydrogen-bond donors (Lipinski definition) is 0. The zero-order valence-corrected chi connectivity index (χ0v) is 22.5. The van der Waals surface area contributed by atoms with Gasteiger partial charge in [-0.2, -0.15) is 4.39 Å². The number of halogens is 2. The topological polar surface area (TPSA) is 9.23 Å². The molecule has 1 nitrogen and oxygen atoms in total. The molecular formula is C33H46F2O. The maximum absolute atomic E-state index is 14.5. The summed E-state index contributed by atoms with van der Waals surface area (Å²) in [6.07, 6.45) is 19.8. The van der Waals surface area contributed by atoms with Crippen LogP contribution in [-0.4, -0.2) is 6.61 Å². The number of rotatable bonds is 15. The van der Waals surface area contributed by atoms with E-state index in [0.717, 1.165) is 32.1 Å². The van der Waals surface area contributed by atoms with Gasteiger partial charge in [-0.1, -0.05) is 88.4 Å². The number of ether oxygens (including phenoxy) is 1. The first-order valence-electron chi connectivity index (χ1n) is 14.5. The monoisotopic (exact) mass is 496 g/mol. The molecule has 36 heavy (non-hydrogen) atoms. The van der Waals surface area contributed by atoms with Crippen LogP contribution in [0, 0.1) is 17.6 Å². The molecule has 0 heterocycles. The fourth-order valence-corrected chi connectivity index (χ4v) is 5.30. The second-order valence-electron chi connectivity index (χ2n) is 10.5. The first-order chi connectivity index (χ1) is 17.6. The smallest absolute Gasteiger partial charge is 0.200 e. The molecule has 0 N–H and O–H groups in total. The van der Waals surface area contributed by atoms with Gasteiger partial charge in [0.05, 0.1) is 6.61 Å². The molecule has 0 spiro atoms. The van der Waals surface area contributed by atoms with Gasteiger partial charge in [0.2, 0.25) is 5.82 Å². The van der Waals surface area contributed by atoms with E-state index < -0.39 is 11.6 Å². The zero-order valence-electron chi connectivity index (χ0n) is 22.5. The van der Waals surface area contributed by atoms with Crippen LogP contribution < -0.4 is 4.74 Å². The highest BCUT2D eigenvalue weighted by molar-refractivity contribution is 5.31. The predicted molar refractivity (Wildman–Crippen MR) is 148 cm³/mol. The Hall–Kier alpha value is -2.16. The van der Waals surface area contributed by atoms with Crippen molar-refractivity contribution in [2.24, 2.45) is 5.92 Å². The van der Waals surface area contributed by atoms with Crippen molar-refractivity contribution < 1.29 is 13.5 Å². The molecule has 1 fully saturated rings. The van der Waals surface area contributed by atoms with Crippen molar-refractivity contribution in [3.8, 4) is 5.75 Å². The summed E-state index contributed by atoms with van der Waals surface area (Å²) in [4.78, 5) is 0. The molecule has 0 radical (unpaired) electrons. The Kier molecular flexibility index (Phi) is 12.5. The standard InChI is InChI=1S/C33H46F2O/c1-3-5-7-11-25-36-31-24-23-30(32(34)33(31)35)14-10-9-13-27-17-21-29(22-18-27)28-19-15-26(16-20-28)12-8-6-4-2/h9,13,15-16,19-20,23-24,27,29H,3-8,10-12,14,17-18,21-22,25H2,1-2H3/b13-9+. The molecule has 3 rings (SSSR count). The van der Waals surface area contributed by atoms with E-state index >= 15 is 0 Å². The van der Waals surface area contributed by atoms with E-state index in [-0.39, 0.29) is 5.75 Å². The van der Waals surface area contributed by atoms with E-state index in [0.29, 0.717) is 30.4 Å². The van der Waals surface area contributed by atoms with Crippen molar-refractivity contribution in [1.29, 1.82) is 0 Å². The summed E-state index contributed by atoms with van der Waals surface area (Å²) in [5, 5.41) is 0. The molecule has 2 aromatic carbocycles. The maximum atomic E-state index is 14.5. The molecule has 2 aromatic rings. The fraction of sp³-hybridized carbons (Fsp3) is 0.576. The molecule has 1 saturated carbocycles. The van der Waals surface area contributed by atoms with Crippen molar-refractivity contribution in [1.82, 2.24) is 0 Å². The van der Waals surface area contributed by atoms with Gasteiger partial charge in [-0.15, -0.1) is 0 Å². The quantitative estimate of drug-likeness (QED) is 0.176. The number of allylic oxidation sites excluding steroid dienone is 2. The average Bonchev–Trinajstić information content (AvgIpc) is 2.91. The van der Waals surface area contributed by atoms with Gasteiger partial charge in [-0.3, -0.25) is 0 Å². The first kappa shape index (κ1) is 28.4. The molecule has 1 aliphatic rings. The molecule has 0 bridgehead atoms. The van der Waals surface area contributed by atoms with Crippen molar-refractivity contribution in [3.63, 3.8) is 0 Å². The lowest BCUT2D eigenvalue weighted by atomic mass is 9.78. The van der Waals surface area contributed by atoms with Crippen molar-refractivity contribution in [2.75, 3.05) is 6.61 Å². The van der Waals surface area contributed by atoms with Crippen molar-refractivity contribution in [2.45, 2.75) is 110 Å². The number of aryl methyl sites for hydroxylation is 2. The average molecular weight is 497 g/mol. The third-order valence-corrected chi connectivity index (χ3v) is 7.66. The Labute approximate surface area is 218 Å². The van der Waals surface area contributed by atoms with Crippen LogP contribution in [-0.2, 0) is 12.8 Å². The van der Waals surface area contributed by atoms with Crippen LogP contribution in [0.2, 0.25) is 0 Å². The van der Waals surface area contributed by atoms with E-state index in [1.54, 1.807) is 12.1 Å². The second kappa shape index (κ2) is 15.8. The number of benzene rings is 2. The van der Waals surface area contributed by atoms with Crippen LogP contribution in [0.15, 0.2) is 48.6 Å². The molecule has 0 saturated heterocycles.